The topological polar surface area (TPSA) is 89.2 Å². The van der Waals surface area contributed by atoms with Crippen molar-refractivity contribution in [3.8, 4) is 11.5 Å². The molecular formula is C25H24ClNO6. The van der Waals surface area contributed by atoms with Gasteiger partial charge >= 0.3 is 0 Å². The summed E-state index contributed by atoms with van der Waals surface area (Å²) < 4.78 is 16.7. The fourth-order valence-electron chi connectivity index (χ4n) is 4.13. The number of nitrogens with zero attached hydrogens (tertiary/aromatic N) is 1. The van der Waals surface area contributed by atoms with Gasteiger partial charge in [0.25, 0.3) is 5.91 Å². The number of carbonyl (C=O) groups excluding carboxylic acids is 2. The van der Waals surface area contributed by atoms with Crippen molar-refractivity contribution >= 4 is 34.3 Å². The second-order valence-corrected chi connectivity index (χ2v) is 8.07. The molecule has 2 heterocycles. The Kier molecular flexibility index (Phi) is 6.33. The van der Waals surface area contributed by atoms with E-state index < -0.39 is 23.5 Å². The monoisotopic (exact) mass is 469 g/mol. The summed E-state index contributed by atoms with van der Waals surface area (Å²) in [4.78, 5) is 28.0. The minimum atomic E-state index is -0.774. The van der Waals surface area contributed by atoms with Crippen LogP contribution in [0, 0.1) is 0 Å². The third-order valence-corrected chi connectivity index (χ3v) is 5.71. The van der Waals surface area contributed by atoms with Crippen molar-refractivity contribution in [1.82, 2.24) is 4.90 Å². The summed E-state index contributed by atoms with van der Waals surface area (Å²) >= 11 is 6.14. The number of hydrogen-bond acceptors (Lipinski definition) is 6. The molecule has 1 amide bonds. The van der Waals surface area contributed by atoms with E-state index in [0.717, 1.165) is 0 Å². The van der Waals surface area contributed by atoms with Gasteiger partial charge in [-0.05, 0) is 43.2 Å². The van der Waals surface area contributed by atoms with Gasteiger partial charge in [-0.15, -0.1) is 0 Å². The number of benzene rings is 2. The van der Waals surface area contributed by atoms with Crippen LogP contribution in [0.5, 0.6) is 11.5 Å². The molecule has 1 aliphatic rings. The van der Waals surface area contributed by atoms with Crippen LogP contribution in [0.3, 0.4) is 0 Å². The maximum Gasteiger partial charge on any atom is 0.290 e. The lowest BCUT2D eigenvalue weighted by Gasteiger charge is -2.26. The summed E-state index contributed by atoms with van der Waals surface area (Å²) in [5.74, 6) is -0.787. The highest BCUT2D eigenvalue weighted by Crippen LogP contribution is 2.41. The van der Waals surface area contributed by atoms with E-state index in [-0.39, 0.29) is 11.3 Å². The summed E-state index contributed by atoms with van der Waals surface area (Å²) in [6.45, 7) is 4.64. The Balaban J connectivity index is 1.83. The van der Waals surface area contributed by atoms with E-state index in [1.807, 2.05) is 13.8 Å². The number of fused-ring (bicyclic) bond motifs is 1. The first-order valence-electron chi connectivity index (χ1n) is 10.7. The average Bonchev–Trinajstić information content (AvgIpc) is 3.33. The van der Waals surface area contributed by atoms with E-state index in [9.17, 15) is 14.7 Å². The molecular weight excluding hydrogens is 446 g/mol. The van der Waals surface area contributed by atoms with Crippen molar-refractivity contribution in [3.05, 3.63) is 70.1 Å². The SMILES string of the molecule is CCCN1C(=O)C(O)=C(C(=O)c2cc3cc(Cl)cc(OC)c3o2)C1c1cccc(OCC)c1. The maximum absolute atomic E-state index is 13.6. The number of halogens is 1. The van der Waals surface area contributed by atoms with Crippen molar-refractivity contribution in [2.75, 3.05) is 20.3 Å². The van der Waals surface area contributed by atoms with E-state index >= 15 is 0 Å². The van der Waals surface area contributed by atoms with Crippen LogP contribution < -0.4 is 9.47 Å². The summed E-state index contributed by atoms with van der Waals surface area (Å²) in [5, 5.41) is 11.8. The van der Waals surface area contributed by atoms with Gasteiger partial charge in [-0.3, -0.25) is 9.59 Å². The van der Waals surface area contributed by atoms with Gasteiger partial charge in [0, 0.05) is 23.0 Å². The molecule has 2 aromatic carbocycles. The van der Waals surface area contributed by atoms with Crippen LogP contribution in [0.25, 0.3) is 11.0 Å². The Bertz CT molecular complexity index is 1260. The van der Waals surface area contributed by atoms with Crippen molar-refractivity contribution in [2.45, 2.75) is 26.3 Å². The molecule has 0 saturated heterocycles. The van der Waals surface area contributed by atoms with Gasteiger partial charge < -0.3 is 23.9 Å². The highest BCUT2D eigenvalue weighted by atomic mass is 35.5. The van der Waals surface area contributed by atoms with E-state index in [2.05, 4.69) is 0 Å². The first kappa shape index (κ1) is 22.7. The molecule has 4 rings (SSSR count). The molecule has 0 bridgehead atoms. The van der Waals surface area contributed by atoms with Gasteiger partial charge in [-0.25, -0.2) is 0 Å². The molecule has 7 nitrogen and oxygen atoms in total. The first-order chi connectivity index (χ1) is 15.9. The molecule has 0 spiro atoms. The van der Waals surface area contributed by atoms with Crippen LogP contribution in [0.15, 0.2) is 58.2 Å². The normalized spacial score (nSPS) is 16.1. The Morgan fingerprint density at radius 2 is 2.00 bits per heavy atom. The second kappa shape index (κ2) is 9.19. The molecule has 0 aliphatic carbocycles. The van der Waals surface area contributed by atoms with Gasteiger partial charge in [-0.2, -0.15) is 0 Å². The van der Waals surface area contributed by atoms with E-state index in [1.165, 1.54) is 18.1 Å². The van der Waals surface area contributed by atoms with Crippen molar-refractivity contribution in [2.24, 2.45) is 0 Å². The first-order valence-corrected chi connectivity index (χ1v) is 11.1. The second-order valence-electron chi connectivity index (χ2n) is 7.64. The highest BCUT2D eigenvalue weighted by molar-refractivity contribution is 6.31. The molecule has 1 unspecified atom stereocenters. The highest BCUT2D eigenvalue weighted by Gasteiger charge is 2.44. The predicted molar refractivity (Wildman–Crippen MR) is 124 cm³/mol. The molecule has 33 heavy (non-hydrogen) atoms. The number of ketones is 1. The Hall–Kier alpha value is -3.45. The third kappa shape index (κ3) is 4.04. The van der Waals surface area contributed by atoms with Crippen LogP contribution in [-0.2, 0) is 4.79 Å². The van der Waals surface area contributed by atoms with Crippen molar-refractivity contribution in [3.63, 3.8) is 0 Å². The lowest BCUT2D eigenvalue weighted by molar-refractivity contribution is -0.129. The molecule has 1 atom stereocenters. The predicted octanol–water partition coefficient (Wildman–Crippen LogP) is 5.48. The molecule has 8 heteroatoms. The van der Waals surface area contributed by atoms with E-state index in [4.69, 9.17) is 25.5 Å². The smallest absolute Gasteiger partial charge is 0.290 e. The maximum atomic E-state index is 13.6. The molecule has 0 radical (unpaired) electrons. The average molecular weight is 470 g/mol. The largest absolute Gasteiger partial charge is 0.503 e. The summed E-state index contributed by atoms with van der Waals surface area (Å²) in [7, 11) is 1.48. The van der Waals surface area contributed by atoms with E-state index in [0.29, 0.717) is 52.6 Å². The number of ether oxygens (including phenoxy) is 2. The zero-order chi connectivity index (χ0) is 23.7. The molecule has 0 fully saturated rings. The Morgan fingerprint density at radius 3 is 2.70 bits per heavy atom. The number of amides is 1. The molecule has 1 N–H and O–H groups in total. The summed E-state index contributed by atoms with van der Waals surface area (Å²) in [5.41, 5.74) is 0.980. The number of aliphatic hydroxyl groups excluding tert-OH is 1. The van der Waals surface area contributed by atoms with Crippen LogP contribution in [-0.4, -0.2) is 42.0 Å². The van der Waals surface area contributed by atoms with Crippen LogP contribution in [0.2, 0.25) is 5.02 Å². The zero-order valence-corrected chi connectivity index (χ0v) is 19.3. The third-order valence-electron chi connectivity index (χ3n) is 5.49. The fraction of sp³-hybridized carbons (Fsp3) is 0.280. The molecule has 1 aromatic heterocycles. The minimum Gasteiger partial charge on any atom is -0.503 e. The number of Topliss-reactive ketones (excluding diaryl/α,β-unsaturated/α-hetero) is 1. The number of rotatable bonds is 8. The van der Waals surface area contributed by atoms with Gasteiger partial charge in [0.05, 0.1) is 25.3 Å². The lowest BCUT2D eigenvalue weighted by Crippen LogP contribution is -2.31. The van der Waals surface area contributed by atoms with Gasteiger partial charge in [0.15, 0.2) is 22.9 Å². The summed E-state index contributed by atoms with van der Waals surface area (Å²) in [6.07, 6.45) is 0.655. The number of aliphatic hydroxyl groups is 1. The van der Waals surface area contributed by atoms with Gasteiger partial charge in [0.2, 0.25) is 5.78 Å². The van der Waals surface area contributed by atoms with Gasteiger partial charge in [-0.1, -0.05) is 30.7 Å². The standard InChI is InChI=1S/C25H24ClNO6/c1-4-9-27-21(14-7-6-8-17(11-14)32-5-2)20(23(29)25(27)30)22(28)18-12-15-10-16(26)13-19(31-3)24(15)33-18/h6-8,10-13,21,29H,4-5,9H2,1-3H3. The minimum absolute atomic E-state index is 0.0239. The number of furan rings is 1. The Morgan fingerprint density at radius 1 is 1.21 bits per heavy atom. The molecule has 172 valence electrons. The summed E-state index contributed by atoms with van der Waals surface area (Å²) in [6, 6.07) is 11.2. The fourth-order valence-corrected chi connectivity index (χ4v) is 4.34. The van der Waals surface area contributed by atoms with Crippen molar-refractivity contribution < 1.29 is 28.6 Å². The quantitative estimate of drug-likeness (QED) is 0.439. The van der Waals surface area contributed by atoms with Crippen molar-refractivity contribution in [1.29, 1.82) is 0 Å². The number of hydrogen-bond donors (Lipinski definition) is 1. The Labute approximate surface area is 196 Å². The molecule has 1 aliphatic heterocycles. The number of carbonyl (C=O) groups is 2. The van der Waals surface area contributed by atoms with Gasteiger partial charge in [0.1, 0.15) is 5.75 Å². The molecule has 3 aromatic rings. The van der Waals surface area contributed by atoms with E-state index in [1.54, 1.807) is 36.4 Å². The lowest BCUT2D eigenvalue weighted by atomic mass is 9.94. The van der Waals surface area contributed by atoms with Crippen LogP contribution in [0.4, 0.5) is 0 Å². The zero-order valence-electron chi connectivity index (χ0n) is 18.6. The number of methoxy groups -OCH3 is 1. The van der Waals surface area contributed by atoms with Crippen LogP contribution >= 0.6 is 11.6 Å². The van der Waals surface area contributed by atoms with Crippen LogP contribution in [0.1, 0.15) is 42.4 Å². The molecule has 0 saturated carbocycles.